The highest BCUT2D eigenvalue weighted by Gasteiger charge is 2.44. The van der Waals surface area contributed by atoms with Gasteiger partial charge in [0.05, 0.1) is 17.6 Å². The van der Waals surface area contributed by atoms with Gasteiger partial charge in [-0.1, -0.05) is 34.6 Å². The second-order valence-electron chi connectivity index (χ2n) is 14.4. The third-order valence-electron chi connectivity index (χ3n) is 9.31. The van der Waals surface area contributed by atoms with Crippen molar-refractivity contribution in [2.75, 3.05) is 39.3 Å². The summed E-state index contributed by atoms with van der Waals surface area (Å²) in [5.74, 6) is 0.208. The van der Waals surface area contributed by atoms with E-state index in [1.54, 1.807) is 0 Å². The molecule has 1 spiro atoms. The number of nitrogens with zero attached hydrogens (tertiary/aromatic N) is 3. The van der Waals surface area contributed by atoms with Gasteiger partial charge in [-0.2, -0.15) is 0 Å². The number of likely N-dealkylation sites (tertiary alicyclic amines) is 1. The lowest BCUT2D eigenvalue weighted by molar-refractivity contribution is -0.138. The SMILES string of the molecule is CC(C)N[C@H]1CCCNC(=O)CC2(CCN(C(=O)CC(C)(C)C)CC2)NC(=O)[C@@H]2CCCN2C2CCN(CC2)C1=O. The van der Waals surface area contributed by atoms with Crippen LogP contribution in [0.1, 0.15) is 98.8 Å². The molecule has 0 radical (unpaired) electrons. The van der Waals surface area contributed by atoms with Gasteiger partial charge in [-0.25, -0.2) is 0 Å². The first-order chi connectivity index (χ1) is 19.4. The topological polar surface area (TPSA) is 114 Å². The first-order valence-electron chi connectivity index (χ1n) is 16.0. The normalized spacial score (nSPS) is 27.6. The van der Waals surface area contributed by atoms with Crippen LogP contribution in [0.25, 0.3) is 0 Å². The van der Waals surface area contributed by atoms with Crippen molar-refractivity contribution >= 4 is 23.6 Å². The van der Waals surface area contributed by atoms with Crippen molar-refractivity contribution in [3.8, 4) is 0 Å². The van der Waals surface area contributed by atoms with E-state index in [2.05, 4.69) is 55.5 Å². The Morgan fingerprint density at radius 2 is 1.66 bits per heavy atom. The zero-order valence-corrected chi connectivity index (χ0v) is 26.1. The van der Waals surface area contributed by atoms with E-state index in [1.165, 1.54) is 0 Å². The van der Waals surface area contributed by atoms with Crippen molar-refractivity contribution < 1.29 is 19.2 Å². The summed E-state index contributed by atoms with van der Waals surface area (Å²) in [5.41, 5.74) is -0.749. The fraction of sp³-hybridized carbons (Fsp3) is 0.871. The van der Waals surface area contributed by atoms with Gasteiger partial charge in [0.25, 0.3) is 0 Å². The van der Waals surface area contributed by atoms with Crippen LogP contribution in [0.5, 0.6) is 0 Å². The molecule has 0 aromatic rings. The predicted molar refractivity (Wildman–Crippen MR) is 159 cm³/mol. The summed E-state index contributed by atoms with van der Waals surface area (Å²) >= 11 is 0. The maximum Gasteiger partial charge on any atom is 0.239 e. The number of amides is 4. The molecule has 41 heavy (non-hydrogen) atoms. The van der Waals surface area contributed by atoms with Gasteiger partial charge in [0.15, 0.2) is 0 Å². The van der Waals surface area contributed by atoms with E-state index in [4.69, 9.17) is 0 Å². The fourth-order valence-electron chi connectivity index (χ4n) is 7.17. The third kappa shape index (κ3) is 8.43. The molecule has 0 unspecified atom stereocenters. The van der Waals surface area contributed by atoms with Crippen LogP contribution in [-0.2, 0) is 19.2 Å². The Morgan fingerprint density at radius 1 is 0.976 bits per heavy atom. The van der Waals surface area contributed by atoms with Gasteiger partial charge in [0.2, 0.25) is 23.6 Å². The molecule has 3 N–H and O–H groups in total. The van der Waals surface area contributed by atoms with E-state index in [0.29, 0.717) is 64.8 Å². The van der Waals surface area contributed by atoms with Crippen molar-refractivity contribution in [2.24, 2.45) is 5.41 Å². The molecule has 5 heterocycles. The number of carbonyl (C=O) groups excluding carboxylic acids is 4. The molecule has 2 bridgehead atoms. The zero-order chi connectivity index (χ0) is 29.8. The standard InChI is InChI=1S/C31H54N6O4/c1-22(2)33-24-8-6-14-32-26(38)20-31(12-18-35(19-13-31)27(39)21-30(3,4)5)34-28(40)25-9-7-15-37(25)23-10-16-36(17-11-23)29(24)41/h22-25,33H,6-21H2,1-5H3,(H,32,38)(H,34,40)/t24-,25-/m0/s1. The molecule has 0 aromatic carbocycles. The number of carbonyl (C=O) groups is 4. The molecular formula is C31H54N6O4. The Labute approximate surface area is 246 Å². The maximum absolute atomic E-state index is 13.9. The van der Waals surface area contributed by atoms with Gasteiger partial charge < -0.3 is 25.8 Å². The molecule has 232 valence electrons. The number of nitrogens with one attached hydrogen (secondary N) is 3. The molecule has 5 rings (SSSR count). The molecule has 5 aliphatic rings. The van der Waals surface area contributed by atoms with E-state index >= 15 is 0 Å². The Bertz CT molecular complexity index is 947. The number of fused-ring (bicyclic) bond motifs is 10. The highest BCUT2D eigenvalue weighted by Crippen LogP contribution is 2.31. The highest BCUT2D eigenvalue weighted by atomic mass is 16.2. The summed E-state index contributed by atoms with van der Waals surface area (Å²) < 4.78 is 0. The Hall–Kier alpha value is -2.20. The lowest BCUT2D eigenvalue weighted by Gasteiger charge is -2.44. The molecule has 2 atom stereocenters. The van der Waals surface area contributed by atoms with Crippen molar-refractivity contribution in [3.05, 3.63) is 0 Å². The van der Waals surface area contributed by atoms with Crippen molar-refractivity contribution in [1.82, 2.24) is 30.7 Å². The lowest BCUT2D eigenvalue weighted by Crippen LogP contribution is -2.61. The Morgan fingerprint density at radius 3 is 2.29 bits per heavy atom. The van der Waals surface area contributed by atoms with Crippen LogP contribution in [0.2, 0.25) is 0 Å². The molecule has 0 saturated carbocycles. The molecule has 0 aromatic heterocycles. The molecule has 5 saturated heterocycles. The first kappa shape index (κ1) is 31.7. The van der Waals surface area contributed by atoms with Crippen molar-refractivity contribution in [2.45, 2.75) is 129 Å². The van der Waals surface area contributed by atoms with Crippen LogP contribution < -0.4 is 16.0 Å². The summed E-state index contributed by atoms with van der Waals surface area (Å²) in [5, 5.41) is 9.89. The highest BCUT2D eigenvalue weighted by molar-refractivity contribution is 5.85. The Kier molecular flexibility index (Phi) is 10.4. The van der Waals surface area contributed by atoms with Crippen molar-refractivity contribution in [3.63, 3.8) is 0 Å². The minimum atomic E-state index is -0.664. The summed E-state index contributed by atoms with van der Waals surface area (Å²) in [7, 11) is 0. The summed E-state index contributed by atoms with van der Waals surface area (Å²) in [4.78, 5) is 59.7. The van der Waals surface area contributed by atoms with E-state index in [9.17, 15) is 19.2 Å². The smallest absolute Gasteiger partial charge is 0.239 e. The number of piperidine rings is 2. The maximum atomic E-state index is 13.9. The summed E-state index contributed by atoms with van der Waals surface area (Å²) in [6, 6.07) is -0.00811. The van der Waals surface area contributed by atoms with Crippen LogP contribution in [0.15, 0.2) is 0 Å². The van der Waals surface area contributed by atoms with Crippen LogP contribution in [-0.4, -0.2) is 107 Å². The zero-order valence-electron chi connectivity index (χ0n) is 26.1. The number of hydrogen-bond donors (Lipinski definition) is 3. The molecular weight excluding hydrogens is 520 g/mol. The monoisotopic (exact) mass is 574 g/mol. The minimum Gasteiger partial charge on any atom is -0.356 e. The van der Waals surface area contributed by atoms with Crippen LogP contribution in [0, 0.1) is 5.41 Å². The van der Waals surface area contributed by atoms with E-state index in [1.807, 2.05) is 9.80 Å². The van der Waals surface area contributed by atoms with Crippen LogP contribution in [0.4, 0.5) is 0 Å². The molecule has 10 heteroatoms. The average molecular weight is 575 g/mol. The third-order valence-corrected chi connectivity index (χ3v) is 9.31. The molecule has 4 amide bonds. The summed E-state index contributed by atoms with van der Waals surface area (Å²) in [6.07, 6.45) is 6.73. The van der Waals surface area contributed by atoms with E-state index < -0.39 is 5.54 Å². The van der Waals surface area contributed by atoms with Crippen LogP contribution >= 0.6 is 0 Å². The van der Waals surface area contributed by atoms with Gasteiger partial charge >= 0.3 is 0 Å². The first-order valence-corrected chi connectivity index (χ1v) is 16.0. The number of hydrogen-bond acceptors (Lipinski definition) is 6. The predicted octanol–water partition coefficient (Wildman–Crippen LogP) is 2.02. The lowest BCUT2D eigenvalue weighted by atomic mass is 9.82. The molecule has 5 aliphatic heterocycles. The van der Waals surface area contributed by atoms with E-state index in [-0.39, 0.29) is 59.6 Å². The van der Waals surface area contributed by atoms with Gasteiger partial charge in [-0.05, 0) is 63.3 Å². The van der Waals surface area contributed by atoms with Gasteiger partial charge in [0, 0.05) is 57.6 Å². The Balaban J connectivity index is 1.51. The van der Waals surface area contributed by atoms with Gasteiger partial charge in [0.1, 0.15) is 0 Å². The molecule has 0 aliphatic carbocycles. The van der Waals surface area contributed by atoms with Gasteiger partial charge in [-0.15, -0.1) is 0 Å². The summed E-state index contributed by atoms with van der Waals surface area (Å²) in [6.45, 7) is 14.2. The molecule has 5 fully saturated rings. The quantitative estimate of drug-likeness (QED) is 0.475. The van der Waals surface area contributed by atoms with E-state index in [0.717, 1.165) is 32.2 Å². The second kappa shape index (κ2) is 13.4. The fourth-order valence-corrected chi connectivity index (χ4v) is 7.17. The van der Waals surface area contributed by atoms with Crippen molar-refractivity contribution in [1.29, 1.82) is 0 Å². The average Bonchev–Trinajstić information content (AvgIpc) is 3.39. The minimum absolute atomic E-state index is 0.00814. The van der Waals surface area contributed by atoms with Gasteiger partial charge in [-0.3, -0.25) is 24.1 Å². The molecule has 10 nitrogen and oxygen atoms in total. The number of rotatable bonds is 3. The second-order valence-corrected chi connectivity index (χ2v) is 14.4. The van der Waals surface area contributed by atoms with Crippen LogP contribution in [0.3, 0.4) is 0 Å². The largest absolute Gasteiger partial charge is 0.356 e.